The van der Waals surface area contributed by atoms with Gasteiger partial charge < -0.3 is 21.1 Å². The van der Waals surface area contributed by atoms with Gasteiger partial charge in [0.1, 0.15) is 6.10 Å². The van der Waals surface area contributed by atoms with Crippen molar-refractivity contribution in [2.24, 2.45) is 5.73 Å². The van der Waals surface area contributed by atoms with Gasteiger partial charge in [0, 0.05) is 24.3 Å². The summed E-state index contributed by atoms with van der Waals surface area (Å²) in [6, 6.07) is 6.82. The number of anilines is 1. The van der Waals surface area contributed by atoms with Gasteiger partial charge in [0.2, 0.25) is 0 Å². The van der Waals surface area contributed by atoms with Crippen LogP contribution in [0.1, 0.15) is 36.5 Å². The Morgan fingerprint density at radius 3 is 2.52 bits per heavy atom. The Bertz CT molecular complexity index is 522. The average Bonchev–Trinajstić information content (AvgIpc) is 3.02. The lowest BCUT2D eigenvalue weighted by atomic mass is 10.1. The van der Waals surface area contributed by atoms with Gasteiger partial charge in [-0.3, -0.25) is 9.59 Å². The molecule has 1 heterocycles. The van der Waals surface area contributed by atoms with E-state index < -0.39 is 6.10 Å². The lowest BCUT2D eigenvalue weighted by molar-refractivity contribution is -0.126. The van der Waals surface area contributed by atoms with Crippen LogP contribution < -0.4 is 16.4 Å². The first-order chi connectivity index (χ1) is 10.6. The Morgan fingerprint density at radius 2 is 1.96 bits per heavy atom. The summed E-state index contributed by atoms with van der Waals surface area (Å²) in [5, 5.41) is 5.61. The van der Waals surface area contributed by atoms with Crippen LogP contribution in [0.2, 0.25) is 0 Å². The molecule has 1 aromatic carbocycles. The van der Waals surface area contributed by atoms with E-state index in [0.29, 0.717) is 30.8 Å². The van der Waals surface area contributed by atoms with Gasteiger partial charge in [-0.15, -0.1) is 12.4 Å². The Kier molecular flexibility index (Phi) is 8.02. The molecular formula is C16H24ClN3O3. The standard InChI is InChI=1S/C16H23N3O3.ClH/c1-2-9-18-15(20)11-3-5-12(6-4-11)19-16(21)14-8-7-13(10-17)22-14;/h3-6,13-14H,2,7-10,17H2,1H3,(H,18,20)(H,19,21);1H/t13-,14+;/m1./s1. The molecular weight excluding hydrogens is 318 g/mol. The van der Waals surface area contributed by atoms with Gasteiger partial charge in [0.05, 0.1) is 6.10 Å². The van der Waals surface area contributed by atoms with Gasteiger partial charge in [0.25, 0.3) is 11.8 Å². The number of carbonyl (C=O) groups excluding carboxylic acids is 2. The number of hydrogen-bond donors (Lipinski definition) is 3. The molecule has 2 rings (SSSR count). The summed E-state index contributed by atoms with van der Waals surface area (Å²) in [4.78, 5) is 23.9. The maximum atomic E-state index is 12.1. The van der Waals surface area contributed by atoms with Crippen molar-refractivity contribution in [3.8, 4) is 0 Å². The Hall–Kier alpha value is -1.63. The van der Waals surface area contributed by atoms with Crippen molar-refractivity contribution in [2.75, 3.05) is 18.4 Å². The first-order valence-electron chi connectivity index (χ1n) is 7.68. The molecule has 1 aliphatic heterocycles. The summed E-state index contributed by atoms with van der Waals surface area (Å²) in [5.74, 6) is -0.274. The SMILES string of the molecule is CCCNC(=O)c1ccc(NC(=O)[C@@H]2CC[C@H](CN)O2)cc1.Cl. The van der Waals surface area contributed by atoms with Crippen molar-refractivity contribution in [2.45, 2.75) is 38.4 Å². The summed E-state index contributed by atoms with van der Waals surface area (Å²) < 4.78 is 5.55. The minimum atomic E-state index is -0.443. The van der Waals surface area contributed by atoms with Crippen LogP contribution in [0.4, 0.5) is 5.69 Å². The van der Waals surface area contributed by atoms with Gasteiger partial charge >= 0.3 is 0 Å². The van der Waals surface area contributed by atoms with Gasteiger partial charge in [-0.25, -0.2) is 0 Å². The Labute approximate surface area is 142 Å². The van der Waals surface area contributed by atoms with Crippen LogP contribution in [0.15, 0.2) is 24.3 Å². The van der Waals surface area contributed by atoms with Crippen LogP contribution in [-0.4, -0.2) is 37.1 Å². The summed E-state index contributed by atoms with van der Waals surface area (Å²) in [6.07, 6.45) is 1.92. The Morgan fingerprint density at radius 1 is 1.26 bits per heavy atom. The van der Waals surface area contributed by atoms with Crippen LogP contribution in [0, 0.1) is 0 Å². The summed E-state index contributed by atoms with van der Waals surface area (Å²) in [6.45, 7) is 3.09. The minimum absolute atomic E-state index is 0. The molecule has 0 spiro atoms. The molecule has 0 bridgehead atoms. The molecule has 128 valence electrons. The van der Waals surface area contributed by atoms with Crippen molar-refractivity contribution >= 4 is 29.9 Å². The lowest BCUT2D eigenvalue weighted by Crippen LogP contribution is -2.29. The fraction of sp³-hybridized carbons (Fsp3) is 0.500. The van der Waals surface area contributed by atoms with Crippen molar-refractivity contribution in [1.29, 1.82) is 0 Å². The number of nitrogens with two attached hydrogens (primary N) is 1. The topological polar surface area (TPSA) is 93.5 Å². The van der Waals surface area contributed by atoms with Gasteiger partial charge in [-0.2, -0.15) is 0 Å². The van der Waals surface area contributed by atoms with E-state index in [2.05, 4.69) is 10.6 Å². The highest BCUT2D eigenvalue weighted by Crippen LogP contribution is 2.20. The maximum absolute atomic E-state index is 12.1. The second-order valence-electron chi connectivity index (χ2n) is 5.38. The molecule has 1 fully saturated rings. The van der Waals surface area contributed by atoms with Crippen molar-refractivity contribution in [1.82, 2.24) is 5.32 Å². The molecule has 6 nitrogen and oxygen atoms in total. The predicted octanol–water partition coefficient (Wildman–Crippen LogP) is 1.69. The van der Waals surface area contributed by atoms with E-state index in [0.717, 1.165) is 12.8 Å². The molecule has 7 heteroatoms. The van der Waals surface area contributed by atoms with Gasteiger partial charge in [-0.05, 0) is 43.5 Å². The highest BCUT2D eigenvalue weighted by atomic mass is 35.5. The van der Waals surface area contributed by atoms with Crippen molar-refractivity contribution in [3.63, 3.8) is 0 Å². The van der Waals surface area contributed by atoms with Crippen LogP contribution in [0.25, 0.3) is 0 Å². The third-order valence-electron chi connectivity index (χ3n) is 3.61. The zero-order chi connectivity index (χ0) is 15.9. The van der Waals surface area contributed by atoms with E-state index in [4.69, 9.17) is 10.5 Å². The minimum Gasteiger partial charge on any atom is -0.364 e. The monoisotopic (exact) mass is 341 g/mol. The number of hydrogen-bond acceptors (Lipinski definition) is 4. The second kappa shape index (κ2) is 9.50. The molecule has 4 N–H and O–H groups in total. The van der Waals surface area contributed by atoms with Crippen molar-refractivity contribution in [3.05, 3.63) is 29.8 Å². The fourth-order valence-corrected chi connectivity index (χ4v) is 2.34. The lowest BCUT2D eigenvalue weighted by Gasteiger charge is -2.13. The van der Waals surface area contributed by atoms with Crippen LogP contribution >= 0.6 is 12.4 Å². The Balaban J connectivity index is 0.00000264. The van der Waals surface area contributed by atoms with Crippen LogP contribution in [-0.2, 0) is 9.53 Å². The first-order valence-corrected chi connectivity index (χ1v) is 7.68. The summed E-state index contributed by atoms with van der Waals surface area (Å²) in [5.41, 5.74) is 6.76. The van der Waals surface area contributed by atoms with E-state index in [1.165, 1.54) is 0 Å². The third-order valence-corrected chi connectivity index (χ3v) is 3.61. The average molecular weight is 342 g/mol. The number of halogens is 1. The second-order valence-corrected chi connectivity index (χ2v) is 5.38. The number of nitrogens with one attached hydrogen (secondary N) is 2. The number of ether oxygens (including phenoxy) is 1. The molecule has 1 aliphatic rings. The molecule has 0 unspecified atom stereocenters. The number of rotatable bonds is 6. The van der Waals surface area contributed by atoms with E-state index in [1.807, 2.05) is 6.92 Å². The fourth-order valence-electron chi connectivity index (χ4n) is 2.34. The molecule has 0 aromatic heterocycles. The molecule has 23 heavy (non-hydrogen) atoms. The number of benzene rings is 1. The molecule has 1 saturated heterocycles. The normalized spacial score (nSPS) is 19.7. The molecule has 0 saturated carbocycles. The summed E-state index contributed by atoms with van der Waals surface area (Å²) >= 11 is 0. The van der Waals surface area contributed by atoms with Crippen molar-refractivity contribution < 1.29 is 14.3 Å². The summed E-state index contributed by atoms with van der Waals surface area (Å²) in [7, 11) is 0. The van der Waals surface area contributed by atoms with E-state index in [1.54, 1.807) is 24.3 Å². The highest BCUT2D eigenvalue weighted by Gasteiger charge is 2.29. The van der Waals surface area contributed by atoms with Crippen LogP contribution in [0.5, 0.6) is 0 Å². The van der Waals surface area contributed by atoms with Gasteiger partial charge in [-0.1, -0.05) is 6.92 Å². The largest absolute Gasteiger partial charge is 0.364 e. The third kappa shape index (κ3) is 5.49. The van der Waals surface area contributed by atoms with E-state index in [9.17, 15) is 9.59 Å². The molecule has 1 aromatic rings. The number of carbonyl (C=O) groups is 2. The smallest absolute Gasteiger partial charge is 0.253 e. The molecule has 2 atom stereocenters. The molecule has 2 amide bonds. The quantitative estimate of drug-likeness (QED) is 0.734. The number of amides is 2. The van der Waals surface area contributed by atoms with Crippen LogP contribution in [0.3, 0.4) is 0 Å². The maximum Gasteiger partial charge on any atom is 0.253 e. The predicted molar refractivity (Wildman–Crippen MR) is 91.9 cm³/mol. The van der Waals surface area contributed by atoms with Gasteiger partial charge in [0.15, 0.2) is 0 Å². The first kappa shape index (κ1) is 19.4. The molecule has 0 aliphatic carbocycles. The molecule has 0 radical (unpaired) electrons. The zero-order valence-electron chi connectivity index (χ0n) is 13.2. The highest BCUT2D eigenvalue weighted by molar-refractivity contribution is 5.96. The van der Waals surface area contributed by atoms with E-state index in [-0.39, 0.29) is 30.3 Å². The zero-order valence-corrected chi connectivity index (χ0v) is 14.0. The van der Waals surface area contributed by atoms with E-state index >= 15 is 0 Å².